The summed E-state index contributed by atoms with van der Waals surface area (Å²) in [7, 11) is -0.0509. The zero-order valence-electron chi connectivity index (χ0n) is 17.8. The number of carbonyl (C=O) groups is 1. The molecule has 1 aromatic heterocycles. The van der Waals surface area contributed by atoms with E-state index in [2.05, 4.69) is 9.71 Å². The molecule has 0 bridgehead atoms. The number of hydrogen-bond donors (Lipinski definition) is 2. The molecule has 1 heterocycles. The van der Waals surface area contributed by atoms with E-state index in [1.54, 1.807) is 30.3 Å². The fraction of sp³-hybridized carbons (Fsp3) is 0.273. The maximum atomic E-state index is 13.0. The van der Waals surface area contributed by atoms with Crippen LogP contribution in [0.25, 0.3) is 10.4 Å². The largest absolute Gasteiger partial charge is 0.495 e. The van der Waals surface area contributed by atoms with Gasteiger partial charge in [0.15, 0.2) is 16.1 Å². The van der Waals surface area contributed by atoms with Crippen LogP contribution in [-0.2, 0) is 15.8 Å². The molecule has 9 heteroatoms. The summed E-state index contributed by atoms with van der Waals surface area (Å²) in [5, 5.41) is 0.485. The minimum Gasteiger partial charge on any atom is -0.495 e. The van der Waals surface area contributed by atoms with E-state index >= 15 is 0 Å². The molecule has 0 radical (unpaired) electrons. The number of nitrogens with one attached hydrogen (secondary N) is 1. The van der Waals surface area contributed by atoms with E-state index in [4.69, 9.17) is 15.2 Å². The summed E-state index contributed by atoms with van der Waals surface area (Å²) in [5.41, 5.74) is 8.12. The van der Waals surface area contributed by atoms with E-state index in [0.717, 1.165) is 16.1 Å². The van der Waals surface area contributed by atoms with Gasteiger partial charge < -0.3 is 19.9 Å². The summed E-state index contributed by atoms with van der Waals surface area (Å²) in [4.78, 5) is 17.5. The lowest BCUT2D eigenvalue weighted by molar-refractivity contribution is -0.135. The van der Waals surface area contributed by atoms with E-state index in [9.17, 15) is 9.00 Å². The van der Waals surface area contributed by atoms with Gasteiger partial charge >= 0.3 is 5.97 Å². The van der Waals surface area contributed by atoms with Crippen molar-refractivity contribution >= 4 is 39.1 Å². The number of carbonyl (C=O) groups excluding carboxylic acids is 1. The highest BCUT2D eigenvalue weighted by Gasteiger charge is 2.16. The molecule has 0 aliphatic heterocycles. The number of nitrogens with two attached hydrogens (primary N) is 1. The molecule has 2 aromatic carbocycles. The van der Waals surface area contributed by atoms with Crippen molar-refractivity contribution in [3.63, 3.8) is 0 Å². The molecule has 7 nitrogen and oxygen atoms in total. The Bertz CT molecular complexity index is 1090. The van der Waals surface area contributed by atoms with Gasteiger partial charge in [0, 0.05) is 12.1 Å². The van der Waals surface area contributed by atoms with Gasteiger partial charge in [-0.05, 0) is 60.9 Å². The average Bonchev–Trinajstić information content (AvgIpc) is 3.06. The van der Waals surface area contributed by atoms with E-state index in [0.29, 0.717) is 33.6 Å². The smallest absolute Gasteiger partial charge is 0.311 e. The number of ether oxygens (including phenoxy) is 2. The monoisotopic (exact) mass is 459 g/mol. The highest BCUT2D eigenvalue weighted by Crippen LogP contribution is 2.35. The van der Waals surface area contributed by atoms with Crippen LogP contribution < -0.4 is 19.9 Å². The average molecular weight is 460 g/mol. The third-order valence-corrected chi connectivity index (χ3v) is 6.49. The van der Waals surface area contributed by atoms with Crippen molar-refractivity contribution in [3.8, 4) is 21.9 Å². The highest BCUT2D eigenvalue weighted by atomic mass is 32.2. The molecule has 3 N–H and O–H groups in total. The lowest BCUT2D eigenvalue weighted by atomic mass is 10.1. The highest BCUT2D eigenvalue weighted by molar-refractivity contribution is 7.86. The quantitative estimate of drug-likeness (QED) is 0.371. The summed E-state index contributed by atoms with van der Waals surface area (Å²) in [5.74, 6) is 0.899. The minimum atomic E-state index is -1.58. The number of nitrogen functional groups attached to an aromatic ring is 1. The molecule has 0 aliphatic rings. The predicted octanol–water partition coefficient (Wildman–Crippen LogP) is 4.80. The number of aryl methyl sites for hydroxylation is 1. The number of anilines is 2. The fourth-order valence-electron chi connectivity index (χ4n) is 2.91. The molecule has 0 fully saturated rings. The molecule has 31 heavy (non-hydrogen) atoms. The number of nitrogens with zero attached hydrogens (tertiary/aromatic N) is 1. The molecule has 0 spiro atoms. The summed E-state index contributed by atoms with van der Waals surface area (Å²) < 4.78 is 26.7. The Labute approximate surface area is 188 Å². The predicted molar refractivity (Wildman–Crippen MR) is 125 cm³/mol. The Hall–Kier alpha value is -2.91. The van der Waals surface area contributed by atoms with Gasteiger partial charge in [0.05, 0.1) is 17.7 Å². The van der Waals surface area contributed by atoms with Crippen molar-refractivity contribution in [2.75, 3.05) is 17.6 Å². The van der Waals surface area contributed by atoms with Crippen LogP contribution in [0.5, 0.6) is 11.5 Å². The third-order valence-electron chi connectivity index (χ3n) is 4.31. The second-order valence-electron chi connectivity index (χ2n) is 7.30. The van der Waals surface area contributed by atoms with Crippen LogP contribution in [0.2, 0.25) is 0 Å². The van der Waals surface area contributed by atoms with E-state index in [-0.39, 0.29) is 11.9 Å². The van der Waals surface area contributed by atoms with Crippen LogP contribution in [0.1, 0.15) is 26.0 Å². The zero-order chi connectivity index (χ0) is 22.5. The van der Waals surface area contributed by atoms with E-state index < -0.39 is 11.0 Å². The van der Waals surface area contributed by atoms with Gasteiger partial charge in [-0.25, -0.2) is 9.19 Å². The molecular formula is C22H25N3O4S2. The van der Waals surface area contributed by atoms with Gasteiger partial charge in [0.2, 0.25) is 0 Å². The number of aromatic nitrogens is 1. The second kappa shape index (κ2) is 9.93. The third kappa shape index (κ3) is 5.83. The number of methoxy groups -OCH3 is 1. The normalized spacial score (nSPS) is 11.9. The van der Waals surface area contributed by atoms with Gasteiger partial charge in [-0.2, -0.15) is 0 Å². The van der Waals surface area contributed by atoms with Crippen molar-refractivity contribution < 1.29 is 18.5 Å². The lowest BCUT2D eigenvalue weighted by Gasteiger charge is -2.12. The lowest BCUT2D eigenvalue weighted by Crippen LogP contribution is -2.11. The van der Waals surface area contributed by atoms with Crippen molar-refractivity contribution in [3.05, 3.63) is 48.2 Å². The Kier molecular flexibility index (Phi) is 7.29. The first-order valence-corrected chi connectivity index (χ1v) is 11.6. The maximum Gasteiger partial charge on any atom is 0.311 e. The first-order chi connectivity index (χ1) is 14.8. The summed E-state index contributed by atoms with van der Waals surface area (Å²) >= 11 is 1.38. The van der Waals surface area contributed by atoms with E-state index in [1.807, 2.05) is 32.9 Å². The van der Waals surface area contributed by atoms with Gasteiger partial charge in [0.1, 0.15) is 16.4 Å². The number of benzene rings is 2. The molecule has 0 aliphatic carbocycles. The minimum absolute atomic E-state index is 0.229. The topological polar surface area (TPSA) is 104 Å². The van der Waals surface area contributed by atoms with E-state index in [1.165, 1.54) is 18.4 Å². The molecule has 0 saturated carbocycles. The van der Waals surface area contributed by atoms with Crippen molar-refractivity contribution in [1.82, 2.24) is 4.98 Å². The van der Waals surface area contributed by atoms with Crippen molar-refractivity contribution in [2.24, 2.45) is 5.92 Å². The van der Waals surface area contributed by atoms with Gasteiger partial charge in [-0.3, -0.25) is 4.79 Å². The van der Waals surface area contributed by atoms with Crippen LogP contribution in [0, 0.1) is 12.8 Å². The van der Waals surface area contributed by atoms with Crippen LogP contribution in [0.3, 0.4) is 0 Å². The number of thiazole rings is 1. The van der Waals surface area contributed by atoms with Crippen LogP contribution >= 0.6 is 11.3 Å². The standard InChI is InChI=1S/C22H25N3O4S2/c1-13(2)11-20(26)29-17-8-6-16(7-9-17)25-31(27)19-12-15(5-10-18(19)28-4)21-14(3)24-22(23)30-21/h5-10,12-13,25H,11H2,1-4H3,(H2,23,24). The molecule has 3 aromatic rings. The summed E-state index contributed by atoms with van der Waals surface area (Å²) in [6.45, 7) is 5.80. The Balaban J connectivity index is 1.77. The first kappa shape index (κ1) is 22.8. The molecule has 1 atom stereocenters. The summed E-state index contributed by atoms with van der Waals surface area (Å²) in [6, 6.07) is 12.2. The number of rotatable bonds is 8. The first-order valence-electron chi connectivity index (χ1n) is 9.67. The fourth-order valence-corrected chi connectivity index (χ4v) is 4.77. The molecule has 164 valence electrons. The SMILES string of the molecule is COc1ccc(-c2sc(N)nc2C)cc1S(=O)Nc1ccc(OC(=O)CC(C)C)cc1. The van der Waals surface area contributed by atoms with Crippen molar-refractivity contribution in [1.29, 1.82) is 0 Å². The summed E-state index contributed by atoms with van der Waals surface area (Å²) in [6.07, 6.45) is 0.352. The molecular weight excluding hydrogens is 434 g/mol. The van der Waals surface area contributed by atoms with Crippen molar-refractivity contribution in [2.45, 2.75) is 32.1 Å². The molecule has 3 rings (SSSR count). The number of hydrogen-bond acceptors (Lipinski definition) is 7. The zero-order valence-corrected chi connectivity index (χ0v) is 19.4. The number of esters is 1. The van der Waals surface area contributed by atoms with Crippen LogP contribution in [-0.4, -0.2) is 22.3 Å². The van der Waals surface area contributed by atoms with Gasteiger partial charge in [-0.1, -0.05) is 25.2 Å². The van der Waals surface area contributed by atoms with Crippen LogP contribution in [0.4, 0.5) is 10.8 Å². The Morgan fingerprint density at radius 1 is 1.23 bits per heavy atom. The second-order valence-corrected chi connectivity index (χ2v) is 9.51. The molecule has 0 amide bonds. The van der Waals surface area contributed by atoms with Gasteiger partial charge in [-0.15, -0.1) is 0 Å². The molecule has 0 saturated heterocycles. The Morgan fingerprint density at radius 2 is 1.94 bits per heavy atom. The molecule has 1 unspecified atom stereocenters. The maximum absolute atomic E-state index is 13.0. The Morgan fingerprint density at radius 3 is 2.52 bits per heavy atom. The van der Waals surface area contributed by atoms with Gasteiger partial charge in [0.25, 0.3) is 0 Å². The van der Waals surface area contributed by atoms with Crippen LogP contribution in [0.15, 0.2) is 47.4 Å².